The molecule has 20 heavy (non-hydrogen) atoms. The average Bonchev–Trinajstić information content (AvgIpc) is 2.96. The van der Waals surface area contributed by atoms with Crippen LogP contribution in [0.3, 0.4) is 0 Å². The number of hydrogen-bond acceptors (Lipinski definition) is 2. The van der Waals surface area contributed by atoms with E-state index < -0.39 is 0 Å². The van der Waals surface area contributed by atoms with Gasteiger partial charge in [0.15, 0.2) is 11.6 Å². The van der Waals surface area contributed by atoms with Gasteiger partial charge in [0.2, 0.25) is 5.91 Å². The Balaban J connectivity index is 1.80. The molecule has 0 unspecified atom stereocenters. The predicted octanol–water partition coefficient (Wildman–Crippen LogP) is 3.39. The van der Waals surface area contributed by atoms with E-state index in [0.717, 1.165) is 19.4 Å². The molecule has 1 saturated carbocycles. The minimum Gasteiger partial charge on any atom is -0.490 e. The summed E-state index contributed by atoms with van der Waals surface area (Å²) in [4.78, 5) is 14.1. The maximum Gasteiger partial charge on any atom is 0.226 e. The molecule has 0 aliphatic heterocycles. The third kappa shape index (κ3) is 3.71. The van der Waals surface area contributed by atoms with Gasteiger partial charge in [-0.3, -0.25) is 4.79 Å². The van der Waals surface area contributed by atoms with Crippen LogP contribution in [0.4, 0.5) is 4.39 Å². The van der Waals surface area contributed by atoms with Crippen molar-refractivity contribution in [3.05, 3.63) is 30.1 Å². The maximum absolute atomic E-state index is 13.4. The highest BCUT2D eigenvalue weighted by molar-refractivity contribution is 5.76. The second-order valence-corrected chi connectivity index (χ2v) is 5.15. The zero-order chi connectivity index (χ0) is 14.4. The zero-order valence-electron chi connectivity index (χ0n) is 12.0. The molecule has 0 radical (unpaired) electrons. The fourth-order valence-electron chi connectivity index (χ4n) is 2.81. The number of benzene rings is 1. The van der Waals surface area contributed by atoms with Crippen molar-refractivity contribution in [3.8, 4) is 5.75 Å². The molecule has 0 atom stereocenters. The number of carbonyl (C=O) groups excluding carboxylic acids is 1. The number of nitrogens with zero attached hydrogens (tertiary/aromatic N) is 1. The van der Waals surface area contributed by atoms with Crippen LogP contribution in [0.2, 0.25) is 0 Å². The molecule has 0 saturated heterocycles. The molecule has 0 aromatic heterocycles. The van der Waals surface area contributed by atoms with E-state index in [2.05, 4.69) is 0 Å². The summed E-state index contributed by atoms with van der Waals surface area (Å²) in [7, 11) is 0. The number of halogens is 1. The number of hydrogen-bond donors (Lipinski definition) is 0. The van der Waals surface area contributed by atoms with E-state index in [0.29, 0.717) is 12.5 Å². The van der Waals surface area contributed by atoms with Crippen LogP contribution in [0, 0.1) is 5.82 Å². The highest BCUT2D eigenvalue weighted by Crippen LogP contribution is 2.24. The monoisotopic (exact) mass is 279 g/mol. The Hall–Kier alpha value is -1.58. The van der Waals surface area contributed by atoms with Gasteiger partial charge in [0, 0.05) is 12.6 Å². The molecular weight excluding hydrogens is 257 g/mol. The van der Waals surface area contributed by atoms with Crippen molar-refractivity contribution >= 4 is 5.91 Å². The lowest BCUT2D eigenvalue weighted by molar-refractivity contribution is -0.133. The molecule has 0 spiro atoms. The van der Waals surface area contributed by atoms with E-state index in [9.17, 15) is 9.18 Å². The van der Waals surface area contributed by atoms with Crippen molar-refractivity contribution in [1.82, 2.24) is 4.90 Å². The first-order valence-electron chi connectivity index (χ1n) is 7.39. The smallest absolute Gasteiger partial charge is 0.226 e. The van der Waals surface area contributed by atoms with Crippen LogP contribution in [-0.4, -0.2) is 30.0 Å². The second kappa shape index (κ2) is 7.27. The molecule has 110 valence electrons. The van der Waals surface area contributed by atoms with E-state index in [4.69, 9.17) is 4.74 Å². The first-order valence-corrected chi connectivity index (χ1v) is 7.39. The molecule has 2 rings (SSSR count). The van der Waals surface area contributed by atoms with Crippen molar-refractivity contribution in [3.63, 3.8) is 0 Å². The summed E-state index contributed by atoms with van der Waals surface area (Å²) in [6.07, 6.45) is 4.93. The van der Waals surface area contributed by atoms with E-state index in [1.165, 1.54) is 18.9 Å². The number of rotatable bonds is 6. The summed E-state index contributed by atoms with van der Waals surface area (Å²) in [5.41, 5.74) is 0. The Bertz CT molecular complexity index is 444. The Morgan fingerprint density at radius 3 is 2.70 bits per heavy atom. The maximum atomic E-state index is 13.4. The Morgan fingerprint density at radius 2 is 2.05 bits per heavy atom. The standard InChI is InChI=1S/C16H22FNO2/c1-2-18(13-7-3-4-8-13)16(19)11-12-20-15-10-6-5-9-14(15)17/h5-6,9-10,13H,2-4,7-8,11-12H2,1H3. The van der Waals surface area contributed by atoms with Crippen molar-refractivity contribution in [2.24, 2.45) is 0 Å². The van der Waals surface area contributed by atoms with E-state index in [1.54, 1.807) is 18.2 Å². The molecule has 1 amide bonds. The fraction of sp³-hybridized carbons (Fsp3) is 0.562. The van der Waals surface area contributed by atoms with E-state index in [1.807, 2.05) is 11.8 Å². The summed E-state index contributed by atoms with van der Waals surface area (Å²) in [6.45, 7) is 2.97. The van der Waals surface area contributed by atoms with Crippen molar-refractivity contribution in [2.75, 3.05) is 13.2 Å². The molecule has 1 fully saturated rings. The third-order valence-corrected chi connectivity index (χ3v) is 3.84. The molecule has 1 aliphatic carbocycles. The summed E-state index contributed by atoms with van der Waals surface area (Å²) in [6, 6.07) is 6.66. The van der Waals surface area contributed by atoms with Gasteiger partial charge in [-0.25, -0.2) is 4.39 Å². The van der Waals surface area contributed by atoms with Gasteiger partial charge in [-0.15, -0.1) is 0 Å². The highest BCUT2D eigenvalue weighted by Gasteiger charge is 2.24. The lowest BCUT2D eigenvalue weighted by Gasteiger charge is -2.27. The molecular formula is C16H22FNO2. The van der Waals surface area contributed by atoms with Crippen molar-refractivity contribution in [1.29, 1.82) is 0 Å². The highest BCUT2D eigenvalue weighted by atomic mass is 19.1. The van der Waals surface area contributed by atoms with Crippen LogP contribution in [0.25, 0.3) is 0 Å². The molecule has 1 aromatic rings. The SMILES string of the molecule is CCN(C(=O)CCOc1ccccc1F)C1CCCC1. The molecule has 4 heteroatoms. The zero-order valence-corrected chi connectivity index (χ0v) is 12.0. The van der Waals surface area contributed by atoms with Gasteiger partial charge < -0.3 is 9.64 Å². The van der Waals surface area contributed by atoms with Crippen LogP contribution < -0.4 is 4.74 Å². The largest absolute Gasteiger partial charge is 0.490 e. The molecule has 0 bridgehead atoms. The number of carbonyl (C=O) groups is 1. The Morgan fingerprint density at radius 1 is 1.35 bits per heavy atom. The average molecular weight is 279 g/mol. The molecule has 1 aromatic carbocycles. The predicted molar refractivity (Wildman–Crippen MR) is 76.2 cm³/mol. The van der Waals surface area contributed by atoms with E-state index >= 15 is 0 Å². The quantitative estimate of drug-likeness (QED) is 0.799. The van der Waals surface area contributed by atoms with Gasteiger partial charge in [-0.1, -0.05) is 25.0 Å². The lowest BCUT2D eigenvalue weighted by atomic mass is 10.2. The summed E-state index contributed by atoms with van der Waals surface area (Å²) < 4.78 is 18.7. The van der Waals surface area contributed by atoms with Gasteiger partial charge in [0.25, 0.3) is 0 Å². The van der Waals surface area contributed by atoms with Crippen LogP contribution in [0.1, 0.15) is 39.0 Å². The number of para-hydroxylation sites is 1. The minimum atomic E-state index is -0.386. The number of ether oxygens (including phenoxy) is 1. The molecule has 0 N–H and O–H groups in total. The molecule has 1 aliphatic rings. The molecule has 0 heterocycles. The fourth-order valence-corrected chi connectivity index (χ4v) is 2.81. The van der Waals surface area contributed by atoms with Crippen LogP contribution in [0.15, 0.2) is 24.3 Å². The first kappa shape index (κ1) is 14.8. The van der Waals surface area contributed by atoms with Crippen LogP contribution >= 0.6 is 0 Å². The topological polar surface area (TPSA) is 29.5 Å². The Kier molecular flexibility index (Phi) is 5.39. The first-order chi connectivity index (χ1) is 9.72. The van der Waals surface area contributed by atoms with Gasteiger partial charge in [-0.2, -0.15) is 0 Å². The van der Waals surface area contributed by atoms with Crippen LogP contribution in [-0.2, 0) is 4.79 Å². The summed E-state index contributed by atoms with van der Waals surface area (Å²) in [5.74, 6) is -0.0666. The van der Waals surface area contributed by atoms with Gasteiger partial charge in [0.05, 0.1) is 13.0 Å². The Labute approximate surface area is 119 Å². The third-order valence-electron chi connectivity index (χ3n) is 3.84. The van der Waals surface area contributed by atoms with Crippen LogP contribution in [0.5, 0.6) is 5.75 Å². The summed E-state index contributed by atoms with van der Waals surface area (Å²) in [5, 5.41) is 0. The van der Waals surface area contributed by atoms with Gasteiger partial charge in [0.1, 0.15) is 0 Å². The lowest BCUT2D eigenvalue weighted by Crippen LogP contribution is -2.39. The number of amides is 1. The normalized spacial score (nSPS) is 15.3. The second-order valence-electron chi connectivity index (χ2n) is 5.15. The minimum absolute atomic E-state index is 0.107. The van der Waals surface area contributed by atoms with Gasteiger partial charge >= 0.3 is 0 Å². The van der Waals surface area contributed by atoms with Crippen molar-refractivity contribution < 1.29 is 13.9 Å². The van der Waals surface area contributed by atoms with Crippen molar-refractivity contribution in [2.45, 2.75) is 45.1 Å². The molecule has 3 nitrogen and oxygen atoms in total. The summed E-state index contributed by atoms with van der Waals surface area (Å²) >= 11 is 0. The van der Waals surface area contributed by atoms with Gasteiger partial charge in [-0.05, 0) is 31.9 Å². The van der Waals surface area contributed by atoms with E-state index in [-0.39, 0.29) is 24.1 Å².